The Morgan fingerprint density at radius 3 is 2.48 bits per heavy atom. The lowest BCUT2D eigenvalue weighted by Crippen LogP contribution is -2.12. The number of hydrogen-bond acceptors (Lipinski definition) is 5. The Kier molecular flexibility index (Phi) is 6.02. The highest BCUT2D eigenvalue weighted by molar-refractivity contribution is 6.29. The van der Waals surface area contributed by atoms with E-state index in [4.69, 9.17) is 23.2 Å². The number of pyridine rings is 1. The smallest absolute Gasteiger partial charge is 0.257 e. The molecule has 0 bridgehead atoms. The molecule has 4 aromatic rings. The van der Waals surface area contributed by atoms with Crippen molar-refractivity contribution in [1.29, 1.82) is 0 Å². The van der Waals surface area contributed by atoms with Gasteiger partial charge in [0.05, 0.1) is 11.1 Å². The first-order valence-electron chi connectivity index (χ1n) is 9.62. The Hall–Kier alpha value is -3.22. The summed E-state index contributed by atoms with van der Waals surface area (Å²) in [6.07, 6.45) is 1.44. The number of hydrogen-bond donors (Lipinski definition) is 2. The van der Waals surface area contributed by atoms with Crippen molar-refractivity contribution in [2.75, 3.05) is 10.6 Å². The number of aryl methyl sites for hydroxylation is 1. The van der Waals surface area contributed by atoms with Gasteiger partial charge in [0.1, 0.15) is 11.0 Å². The van der Waals surface area contributed by atoms with Gasteiger partial charge < -0.3 is 10.6 Å². The fourth-order valence-electron chi connectivity index (χ4n) is 3.18. The molecule has 0 aliphatic carbocycles. The van der Waals surface area contributed by atoms with Gasteiger partial charge >= 0.3 is 0 Å². The Morgan fingerprint density at radius 2 is 1.77 bits per heavy atom. The molecular formula is C23H19Cl2N5O. The minimum Gasteiger partial charge on any atom is -0.363 e. The minimum atomic E-state index is -0.249. The number of aromatic nitrogens is 3. The Bertz CT molecular complexity index is 1240. The van der Waals surface area contributed by atoms with Crippen molar-refractivity contribution >= 4 is 51.5 Å². The molecule has 0 aliphatic rings. The standard InChI is InChI=1S/C23H19Cl2N5O/c1-13-3-9-19-18(11-13)21(30-23(25)29-19)27-14(2)15-4-7-17(8-5-15)28-22(31)16-6-10-20(24)26-12-16/h3-12,14H,1-2H3,(H,28,31)(H,27,29,30)/t14-/m0/s1. The highest BCUT2D eigenvalue weighted by atomic mass is 35.5. The van der Waals surface area contributed by atoms with E-state index in [9.17, 15) is 4.79 Å². The van der Waals surface area contributed by atoms with Crippen molar-refractivity contribution in [3.05, 3.63) is 87.9 Å². The van der Waals surface area contributed by atoms with Gasteiger partial charge in [-0.15, -0.1) is 0 Å². The fourth-order valence-corrected chi connectivity index (χ4v) is 3.47. The molecule has 0 unspecified atom stereocenters. The monoisotopic (exact) mass is 451 g/mol. The topological polar surface area (TPSA) is 79.8 Å². The van der Waals surface area contributed by atoms with Crippen LogP contribution in [-0.4, -0.2) is 20.9 Å². The number of halogens is 2. The van der Waals surface area contributed by atoms with Crippen LogP contribution in [0.1, 0.15) is 34.5 Å². The van der Waals surface area contributed by atoms with Gasteiger partial charge in [0.15, 0.2) is 0 Å². The van der Waals surface area contributed by atoms with E-state index in [0.717, 1.165) is 22.0 Å². The average Bonchev–Trinajstić information content (AvgIpc) is 2.75. The maximum atomic E-state index is 12.3. The molecule has 0 saturated carbocycles. The number of nitrogens with zero attached hydrogens (tertiary/aromatic N) is 3. The lowest BCUT2D eigenvalue weighted by Gasteiger charge is -2.17. The molecule has 2 heterocycles. The SMILES string of the molecule is Cc1ccc2nc(Cl)nc(N[C@@H](C)c3ccc(NC(=O)c4ccc(Cl)nc4)cc3)c2c1. The Balaban J connectivity index is 1.49. The number of benzene rings is 2. The summed E-state index contributed by atoms with van der Waals surface area (Å²) in [5.41, 5.74) is 4.05. The molecule has 0 saturated heterocycles. The first-order chi connectivity index (χ1) is 14.9. The van der Waals surface area contributed by atoms with Crippen molar-refractivity contribution in [3.8, 4) is 0 Å². The molecule has 1 atom stereocenters. The van der Waals surface area contributed by atoms with E-state index in [1.54, 1.807) is 12.1 Å². The van der Waals surface area contributed by atoms with E-state index >= 15 is 0 Å². The van der Waals surface area contributed by atoms with E-state index in [1.165, 1.54) is 6.20 Å². The summed E-state index contributed by atoms with van der Waals surface area (Å²) in [5.74, 6) is 0.430. The average molecular weight is 452 g/mol. The lowest BCUT2D eigenvalue weighted by molar-refractivity contribution is 0.102. The van der Waals surface area contributed by atoms with Gasteiger partial charge in [-0.3, -0.25) is 4.79 Å². The number of nitrogens with one attached hydrogen (secondary N) is 2. The number of anilines is 2. The predicted octanol–water partition coefficient (Wildman–Crippen LogP) is 6.07. The van der Waals surface area contributed by atoms with Gasteiger partial charge in [-0.25, -0.2) is 15.0 Å². The molecule has 31 heavy (non-hydrogen) atoms. The van der Waals surface area contributed by atoms with Gasteiger partial charge in [-0.05, 0) is 67.4 Å². The third-order valence-electron chi connectivity index (χ3n) is 4.84. The molecule has 4 rings (SSSR count). The third kappa shape index (κ3) is 4.93. The molecule has 1 amide bonds. The molecule has 156 valence electrons. The zero-order valence-corrected chi connectivity index (χ0v) is 18.4. The van der Waals surface area contributed by atoms with E-state index in [2.05, 4.69) is 25.6 Å². The lowest BCUT2D eigenvalue weighted by atomic mass is 10.1. The maximum Gasteiger partial charge on any atom is 0.257 e. The summed E-state index contributed by atoms with van der Waals surface area (Å²) in [4.78, 5) is 24.9. The van der Waals surface area contributed by atoms with Crippen molar-refractivity contribution in [1.82, 2.24) is 15.0 Å². The fraction of sp³-hybridized carbons (Fsp3) is 0.130. The summed E-state index contributed by atoms with van der Waals surface area (Å²) < 4.78 is 0. The summed E-state index contributed by atoms with van der Waals surface area (Å²) in [6, 6.07) is 16.7. The molecule has 2 aromatic heterocycles. The molecule has 0 aliphatic heterocycles. The second-order valence-electron chi connectivity index (χ2n) is 7.17. The van der Waals surface area contributed by atoms with Gasteiger partial charge in [-0.1, -0.05) is 35.4 Å². The van der Waals surface area contributed by atoms with Crippen molar-refractivity contribution in [2.24, 2.45) is 0 Å². The summed E-state index contributed by atoms with van der Waals surface area (Å²) in [5, 5.41) is 7.72. The predicted molar refractivity (Wildman–Crippen MR) is 125 cm³/mol. The molecule has 0 radical (unpaired) electrons. The number of amides is 1. The molecule has 8 heteroatoms. The molecule has 6 nitrogen and oxygen atoms in total. The third-order valence-corrected chi connectivity index (χ3v) is 5.23. The normalized spacial score (nSPS) is 11.9. The van der Waals surface area contributed by atoms with Crippen molar-refractivity contribution in [2.45, 2.75) is 19.9 Å². The van der Waals surface area contributed by atoms with Gasteiger partial charge in [0.25, 0.3) is 5.91 Å². The van der Waals surface area contributed by atoms with Crippen LogP contribution in [0.15, 0.2) is 60.8 Å². The van der Waals surface area contributed by atoms with E-state index in [0.29, 0.717) is 22.2 Å². The van der Waals surface area contributed by atoms with E-state index in [-0.39, 0.29) is 17.2 Å². The van der Waals surface area contributed by atoms with Crippen LogP contribution in [-0.2, 0) is 0 Å². The molecule has 2 N–H and O–H groups in total. The molecular weight excluding hydrogens is 433 g/mol. The van der Waals surface area contributed by atoms with Gasteiger partial charge in [0.2, 0.25) is 5.28 Å². The number of carbonyl (C=O) groups excluding carboxylic acids is 1. The minimum absolute atomic E-state index is 0.0418. The van der Waals surface area contributed by atoms with Crippen LogP contribution in [0.2, 0.25) is 10.4 Å². The second-order valence-corrected chi connectivity index (χ2v) is 7.90. The first-order valence-corrected chi connectivity index (χ1v) is 10.4. The van der Waals surface area contributed by atoms with E-state index < -0.39 is 0 Å². The molecule has 0 spiro atoms. The van der Waals surface area contributed by atoms with Gasteiger partial charge in [0, 0.05) is 23.3 Å². The number of fused-ring (bicyclic) bond motifs is 1. The van der Waals surface area contributed by atoms with Crippen LogP contribution in [0, 0.1) is 6.92 Å². The Labute approximate surface area is 189 Å². The number of carbonyl (C=O) groups is 1. The van der Waals surface area contributed by atoms with Crippen LogP contribution in [0.25, 0.3) is 10.9 Å². The zero-order valence-electron chi connectivity index (χ0n) is 16.9. The summed E-state index contributed by atoms with van der Waals surface area (Å²) >= 11 is 11.9. The van der Waals surface area contributed by atoms with Crippen molar-refractivity contribution in [3.63, 3.8) is 0 Å². The van der Waals surface area contributed by atoms with Gasteiger partial charge in [-0.2, -0.15) is 0 Å². The highest BCUT2D eigenvalue weighted by Gasteiger charge is 2.12. The van der Waals surface area contributed by atoms with Crippen LogP contribution in [0.5, 0.6) is 0 Å². The molecule has 0 fully saturated rings. The van der Waals surface area contributed by atoms with Crippen LogP contribution >= 0.6 is 23.2 Å². The zero-order chi connectivity index (χ0) is 22.0. The second kappa shape index (κ2) is 8.88. The maximum absolute atomic E-state index is 12.3. The summed E-state index contributed by atoms with van der Waals surface area (Å²) in [7, 11) is 0. The number of rotatable bonds is 5. The van der Waals surface area contributed by atoms with E-state index in [1.807, 2.05) is 56.3 Å². The Morgan fingerprint density at radius 1 is 1.00 bits per heavy atom. The van der Waals surface area contributed by atoms with Crippen molar-refractivity contribution < 1.29 is 4.79 Å². The van der Waals surface area contributed by atoms with Crippen LogP contribution in [0.4, 0.5) is 11.5 Å². The first kappa shape index (κ1) is 21.0. The quantitative estimate of drug-likeness (QED) is 0.284. The summed E-state index contributed by atoms with van der Waals surface area (Å²) in [6.45, 7) is 4.05. The van der Waals surface area contributed by atoms with Crippen LogP contribution < -0.4 is 10.6 Å². The largest absolute Gasteiger partial charge is 0.363 e. The van der Waals surface area contributed by atoms with Crippen LogP contribution in [0.3, 0.4) is 0 Å². The highest BCUT2D eigenvalue weighted by Crippen LogP contribution is 2.27. The molecule has 2 aromatic carbocycles.